The Kier molecular flexibility index (Phi) is 5.76. The standard InChI is InChI=1S/C12H19NOS/c1-4-14-9-12(13-2)10-5-7-11(15-3)8-6-10/h5-8,12-13H,4,9H2,1-3H3. The topological polar surface area (TPSA) is 21.3 Å². The van der Waals surface area contributed by atoms with Crippen molar-refractivity contribution >= 4 is 11.8 Å². The van der Waals surface area contributed by atoms with Crippen LogP contribution in [-0.4, -0.2) is 26.5 Å². The fourth-order valence-corrected chi connectivity index (χ4v) is 1.83. The number of benzene rings is 1. The molecule has 1 aromatic rings. The predicted molar refractivity (Wildman–Crippen MR) is 66.5 cm³/mol. The highest BCUT2D eigenvalue weighted by Gasteiger charge is 2.08. The summed E-state index contributed by atoms with van der Waals surface area (Å²) in [4.78, 5) is 1.30. The number of ether oxygens (including phenoxy) is 1. The molecule has 0 aliphatic heterocycles. The molecular weight excluding hydrogens is 206 g/mol. The zero-order valence-corrected chi connectivity index (χ0v) is 10.4. The van der Waals surface area contributed by atoms with Crippen LogP contribution in [-0.2, 0) is 4.74 Å². The molecule has 0 bridgehead atoms. The summed E-state index contributed by atoms with van der Waals surface area (Å²) in [5.41, 5.74) is 1.28. The summed E-state index contributed by atoms with van der Waals surface area (Å²) in [7, 11) is 1.96. The van der Waals surface area contributed by atoms with Gasteiger partial charge in [0.05, 0.1) is 12.6 Å². The molecule has 0 aliphatic carbocycles. The second-order valence-electron chi connectivity index (χ2n) is 3.27. The summed E-state index contributed by atoms with van der Waals surface area (Å²) < 4.78 is 5.43. The fraction of sp³-hybridized carbons (Fsp3) is 0.500. The maximum absolute atomic E-state index is 5.43. The van der Waals surface area contributed by atoms with Gasteiger partial charge in [0, 0.05) is 11.5 Å². The van der Waals surface area contributed by atoms with Crippen LogP contribution in [0.4, 0.5) is 0 Å². The second-order valence-corrected chi connectivity index (χ2v) is 4.15. The molecule has 0 heterocycles. The van der Waals surface area contributed by atoms with Gasteiger partial charge in [0.2, 0.25) is 0 Å². The van der Waals surface area contributed by atoms with E-state index in [1.54, 1.807) is 11.8 Å². The van der Waals surface area contributed by atoms with Crippen molar-refractivity contribution in [2.24, 2.45) is 0 Å². The Morgan fingerprint density at radius 1 is 1.33 bits per heavy atom. The molecule has 2 nitrogen and oxygen atoms in total. The lowest BCUT2D eigenvalue weighted by Crippen LogP contribution is -2.21. The Morgan fingerprint density at radius 3 is 2.47 bits per heavy atom. The predicted octanol–water partition coefficient (Wildman–Crippen LogP) is 2.71. The van der Waals surface area contributed by atoms with Crippen molar-refractivity contribution in [2.75, 3.05) is 26.5 Å². The van der Waals surface area contributed by atoms with E-state index in [1.807, 2.05) is 14.0 Å². The van der Waals surface area contributed by atoms with Crippen molar-refractivity contribution < 1.29 is 4.74 Å². The summed E-state index contributed by atoms with van der Waals surface area (Å²) >= 11 is 1.76. The third-order valence-electron chi connectivity index (χ3n) is 2.36. The van der Waals surface area contributed by atoms with Gasteiger partial charge < -0.3 is 10.1 Å². The van der Waals surface area contributed by atoms with Crippen LogP contribution in [0, 0.1) is 0 Å². The summed E-state index contributed by atoms with van der Waals surface area (Å²) in [6, 6.07) is 8.91. The lowest BCUT2D eigenvalue weighted by molar-refractivity contribution is 0.125. The second kappa shape index (κ2) is 6.88. The quantitative estimate of drug-likeness (QED) is 0.752. The fourth-order valence-electron chi connectivity index (χ4n) is 1.42. The zero-order chi connectivity index (χ0) is 11.1. The maximum atomic E-state index is 5.43. The zero-order valence-electron chi connectivity index (χ0n) is 9.62. The monoisotopic (exact) mass is 225 g/mol. The van der Waals surface area contributed by atoms with Crippen LogP contribution < -0.4 is 5.32 Å². The van der Waals surface area contributed by atoms with E-state index in [2.05, 4.69) is 35.8 Å². The SMILES string of the molecule is CCOCC(NC)c1ccc(SC)cc1. The molecule has 1 N–H and O–H groups in total. The third kappa shape index (κ3) is 3.86. The van der Waals surface area contributed by atoms with Gasteiger partial charge in [-0.1, -0.05) is 12.1 Å². The summed E-state index contributed by atoms with van der Waals surface area (Å²) in [5.74, 6) is 0. The third-order valence-corrected chi connectivity index (χ3v) is 3.10. The van der Waals surface area contributed by atoms with E-state index < -0.39 is 0 Å². The van der Waals surface area contributed by atoms with Crippen molar-refractivity contribution in [2.45, 2.75) is 17.9 Å². The van der Waals surface area contributed by atoms with Gasteiger partial charge in [-0.2, -0.15) is 0 Å². The molecule has 0 spiro atoms. The Morgan fingerprint density at radius 2 is 2.00 bits per heavy atom. The van der Waals surface area contributed by atoms with E-state index in [9.17, 15) is 0 Å². The molecule has 84 valence electrons. The van der Waals surface area contributed by atoms with Crippen LogP contribution in [0.3, 0.4) is 0 Å². The van der Waals surface area contributed by atoms with Crippen LogP contribution in [0.2, 0.25) is 0 Å². The van der Waals surface area contributed by atoms with Gasteiger partial charge in [-0.15, -0.1) is 11.8 Å². The molecule has 0 aromatic heterocycles. The first-order valence-electron chi connectivity index (χ1n) is 5.20. The number of hydrogen-bond donors (Lipinski definition) is 1. The molecule has 0 aliphatic rings. The molecule has 1 aromatic carbocycles. The number of likely N-dealkylation sites (N-methyl/N-ethyl adjacent to an activating group) is 1. The van der Waals surface area contributed by atoms with Crippen LogP contribution in [0.5, 0.6) is 0 Å². The minimum atomic E-state index is 0.292. The first-order chi connectivity index (χ1) is 7.31. The van der Waals surface area contributed by atoms with Gasteiger partial charge in [0.25, 0.3) is 0 Å². The van der Waals surface area contributed by atoms with Crippen molar-refractivity contribution in [1.82, 2.24) is 5.32 Å². The molecule has 15 heavy (non-hydrogen) atoms. The van der Waals surface area contributed by atoms with E-state index >= 15 is 0 Å². The largest absolute Gasteiger partial charge is 0.380 e. The van der Waals surface area contributed by atoms with E-state index in [4.69, 9.17) is 4.74 Å². The van der Waals surface area contributed by atoms with E-state index in [1.165, 1.54) is 10.5 Å². The lowest BCUT2D eigenvalue weighted by Gasteiger charge is -2.16. The summed E-state index contributed by atoms with van der Waals surface area (Å²) in [6.45, 7) is 3.51. The Balaban J connectivity index is 2.65. The van der Waals surface area contributed by atoms with Gasteiger partial charge in [-0.05, 0) is 37.9 Å². The maximum Gasteiger partial charge on any atom is 0.0661 e. The number of hydrogen-bond acceptors (Lipinski definition) is 3. The molecule has 1 atom stereocenters. The van der Waals surface area contributed by atoms with E-state index in [-0.39, 0.29) is 0 Å². The van der Waals surface area contributed by atoms with Gasteiger partial charge in [-0.25, -0.2) is 0 Å². The summed E-state index contributed by atoms with van der Waals surface area (Å²) in [6.07, 6.45) is 2.09. The van der Waals surface area contributed by atoms with Gasteiger partial charge in [0.1, 0.15) is 0 Å². The molecular formula is C12H19NOS. The van der Waals surface area contributed by atoms with Crippen LogP contribution in [0.15, 0.2) is 29.2 Å². The van der Waals surface area contributed by atoms with E-state index in [0.29, 0.717) is 6.04 Å². The summed E-state index contributed by atoms with van der Waals surface area (Å²) in [5, 5.41) is 3.26. The molecule has 1 unspecified atom stereocenters. The highest BCUT2D eigenvalue weighted by Crippen LogP contribution is 2.19. The van der Waals surface area contributed by atoms with Gasteiger partial charge in [0.15, 0.2) is 0 Å². The highest BCUT2D eigenvalue weighted by atomic mass is 32.2. The van der Waals surface area contributed by atoms with Crippen molar-refractivity contribution in [3.05, 3.63) is 29.8 Å². The Labute approximate surface area is 96.4 Å². The molecule has 3 heteroatoms. The molecule has 0 saturated heterocycles. The number of thioether (sulfide) groups is 1. The number of nitrogens with one attached hydrogen (secondary N) is 1. The molecule has 0 radical (unpaired) electrons. The molecule has 1 rings (SSSR count). The first-order valence-corrected chi connectivity index (χ1v) is 6.43. The van der Waals surface area contributed by atoms with Crippen LogP contribution >= 0.6 is 11.8 Å². The molecule has 0 fully saturated rings. The molecule has 0 saturated carbocycles. The Hall–Kier alpha value is -0.510. The highest BCUT2D eigenvalue weighted by molar-refractivity contribution is 7.98. The Bertz CT molecular complexity index is 273. The number of rotatable bonds is 6. The minimum Gasteiger partial charge on any atom is -0.380 e. The average Bonchev–Trinajstić information content (AvgIpc) is 2.31. The average molecular weight is 225 g/mol. The first kappa shape index (κ1) is 12.6. The molecule has 0 amide bonds. The van der Waals surface area contributed by atoms with Gasteiger partial charge >= 0.3 is 0 Å². The van der Waals surface area contributed by atoms with Crippen LogP contribution in [0.1, 0.15) is 18.5 Å². The smallest absolute Gasteiger partial charge is 0.0661 e. The normalized spacial score (nSPS) is 12.7. The van der Waals surface area contributed by atoms with E-state index in [0.717, 1.165) is 13.2 Å². The van der Waals surface area contributed by atoms with Crippen molar-refractivity contribution in [3.63, 3.8) is 0 Å². The minimum absolute atomic E-state index is 0.292. The van der Waals surface area contributed by atoms with Crippen LogP contribution in [0.25, 0.3) is 0 Å². The van der Waals surface area contributed by atoms with Crippen molar-refractivity contribution in [3.8, 4) is 0 Å². The van der Waals surface area contributed by atoms with Crippen molar-refractivity contribution in [1.29, 1.82) is 0 Å². The lowest BCUT2D eigenvalue weighted by atomic mass is 10.1. The van der Waals surface area contributed by atoms with Gasteiger partial charge in [-0.3, -0.25) is 0 Å².